The molecule has 7 heteroatoms. The standard InChI is InChI=1S/C22H28FNO4S/c1-6-24(7-2)29(26,27)18-12-13-20(23)19(14-18)21(25)28-15-16-8-10-17(11-9-16)22(3,4)5/h8-14H,6-7,15H2,1-5H3. The monoisotopic (exact) mass is 421 g/mol. The summed E-state index contributed by atoms with van der Waals surface area (Å²) in [6, 6.07) is 10.8. The fraction of sp³-hybridized carbons (Fsp3) is 0.409. The van der Waals surface area contributed by atoms with E-state index in [2.05, 4.69) is 20.8 Å². The highest BCUT2D eigenvalue weighted by molar-refractivity contribution is 7.89. The lowest BCUT2D eigenvalue weighted by Crippen LogP contribution is -2.30. The molecule has 0 aromatic heterocycles. The van der Waals surface area contributed by atoms with Gasteiger partial charge in [0.1, 0.15) is 12.4 Å². The van der Waals surface area contributed by atoms with Crippen LogP contribution in [0.5, 0.6) is 0 Å². The SMILES string of the molecule is CCN(CC)S(=O)(=O)c1ccc(F)c(C(=O)OCc2ccc(C(C)(C)C)cc2)c1. The molecule has 0 spiro atoms. The molecule has 0 aliphatic rings. The van der Waals surface area contributed by atoms with Crippen molar-refractivity contribution in [2.45, 2.75) is 51.5 Å². The van der Waals surface area contributed by atoms with Crippen LogP contribution >= 0.6 is 0 Å². The molecule has 29 heavy (non-hydrogen) atoms. The average Bonchev–Trinajstić information content (AvgIpc) is 2.66. The van der Waals surface area contributed by atoms with E-state index in [0.717, 1.165) is 29.3 Å². The molecule has 0 aliphatic carbocycles. The van der Waals surface area contributed by atoms with Crippen LogP contribution < -0.4 is 0 Å². The molecule has 158 valence electrons. The van der Waals surface area contributed by atoms with Crippen LogP contribution in [0.3, 0.4) is 0 Å². The zero-order valence-corrected chi connectivity index (χ0v) is 18.3. The third-order valence-corrected chi connectivity index (χ3v) is 6.74. The summed E-state index contributed by atoms with van der Waals surface area (Å²) in [5.74, 6) is -1.73. The van der Waals surface area contributed by atoms with Gasteiger partial charge in [0.25, 0.3) is 0 Å². The fourth-order valence-corrected chi connectivity index (χ4v) is 4.35. The van der Waals surface area contributed by atoms with Crippen molar-refractivity contribution < 1.29 is 22.3 Å². The average molecular weight is 422 g/mol. The molecule has 0 unspecified atom stereocenters. The van der Waals surface area contributed by atoms with Gasteiger partial charge in [-0.2, -0.15) is 4.31 Å². The first kappa shape index (κ1) is 23.0. The Labute approximate surface area is 172 Å². The van der Waals surface area contributed by atoms with Gasteiger partial charge in [0.2, 0.25) is 10.0 Å². The molecule has 5 nitrogen and oxygen atoms in total. The molecule has 0 radical (unpaired) electrons. The van der Waals surface area contributed by atoms with Crippen LogP contribution in [0.25, 0.3) is 0 Å². The number of carbonyl (C=O) groups excluding carboxylic acids is 1. The largest absolute Gasteiger partial charge is 0.457 e. The maximum absolute atomic E-state index is 14.2. The van der Waals surface area contributed by atoms with Crippen LogP contribution in [0, 0.1) is 5.82 Å². The van der Waals surface area contributed by atoms with Crippen molar-refractivity contribution in [1.82, 2.24) is 4.31 Å². The molecule has 0 fully saturated rings. The highest BCUT2D eigenvalue weighted by Gasteiger charge is 2.24. The highest BCUT2D eigenvalue weighted by atomic mass is 32.2. The van der Waals surface area contributed by atoms with Gasteiger partial charge in [-0.15, -0.1) is 0 Å². The number of halogens is 1. The smallest absolute Gasteiger partial charge is 0.341 e. The number of esters is 1. The van der Waals surface area contributed by atoms with Crippen molar-refractivity contribution in [3.05, 3.63) is 65.0 Å². The van der Waals surface area contributed by atoms with Crippen molar-refractivity contribution in [3.8, 4) is 0 Å². The first-order valence-corrected chi connectivity index (χ1v) is 11.0. The van der Waals surface area contributed by atoms with Crippen LogP contribution in [0.1, 0.15) is 56.1 Å². The van der Waals surface area contributed by atoms with Gasteiger partial charge in [-0.1, -0.05) is 58.9 Å². The molecule has 0 saturated carbocycles. The van der Waals surface area contributed by atoms with E-state index in [4.69, 9.17) is 4.74 Å². The van der Waals surface area contributed by atoms with Crippen LogP contribution in [0.2, 0.25) is 0 Å². The van der Waals surface area contributed by atoms with Crippen molar-refractivity contribution in [1.29, 1.82) is 0 Å². The number of hydrogen-bond acceptors (Lipinski definition) is 4. The Morgan fingerprint density at radius 3 is 2.14 bits per heavy atom. The molecule has 0 heterocycles. The number of rotatable bonds is 7. The predicted molar refractivity (Wildman–Crippen MR) is 111 cm³/mol. The van der Waals surface area contributed by atoms with Gasteiger partial charge in [0, 0.05) is 13.1 Å². The lowest BCUT2D eigenvalue weighted by atomic mass is 9.87. The summed E-state index contributed by atoms with van der Waals surface area (Å²) in [5, 5.41) is 0. The minimum absolute atomic E-state index is 0.00906. The van der Waals surface area contributed by atoms with Crippen molar-refractivity contribution in [2.24, 2.45) is 0 Å². The lowest BCUT2D eigenvalue weighted by Gasteiger charge is -2.19. The van der Waals surface area contributed by atoms with E-state index < -0.39 is 27.4 Å². The van der Waals surface area contributed by atoms with Crippen LogP contribution in [-0.4, -0.2) is 31.8 Å². The summed E-state index contributed by atoms with van der Waals surface area (Å²) in [5.41, 5.74) is 1.52. The van der Waals surface area contributed by atoms with E-state index in [1.54, 1.807) is 13.8 Å². The van der Waals surface area contributed by atoms with E-state index in [1.807, 2.05) is 24.3 Å². The summed E-state index contributed by atoms with van der Waals surface area (Å²) in [4.78, 5) is 12.2. The van der Waals surface area contributed by atoms with E-state index in [9.17, 15) is 17.6 Å². The molecule has 2 aromatic rings. The zero-order valence-electron chi connectivity index (χ0n) is 17.5. The molecule has 2 rings (SSSR count). The third-order valence-electron chi connectivity index (χ3n) is 4.69. The summed E-state index contributed by atoms with van der Waals surface area (Å²) < 4.78 is 45.9. The maximum atomic E-state index is 14.2. The maximum Gasteiger partial charge on any atom is 0.341 e. The summed E-state index contributed by atoms with van der Waals surface area (Å²) in [6.45, 7) is 10.3. The van der Waals surface area contributed by atoms with Gasteiger partial charge in [-0.05, 0) is 34.7 Å². The Morgan fingerprint density at radius 2 is 1.62 bits per heavy atom. The number of hydrogen-bond donors (Lipinski definition) is 0. The molecule has 0 saturated heterocycles. The van der Waals surface area contributed by atoms with Crippen molar-refractivity contribution in [3.63, 3.8) is 0 Å². The Morgan fingerprint density at radius 1 is 1.03 bits per heavy atom. The summed E-state index contributed by atoms with van der Waals surface area (Å²) in [6.07, 6.45) is 0. The van der Waals surface area contributed by atoms with Gasteiger partial charge in [-0.25, -0.2) is 17.6 Å². The van der Waals surface area contributed by atoms with E-state index in [1.165, 1.54) is 4.31 Å². The van der Waals surface area contributed by atoms with Crippen molar-refractivity contribution >= 4 is 16.0 Å². The van der Waals surface area contributed by atoms with Gasteiger partial charge >= 0.3 is 5.97 Å². The number of benzene rings is 2. The number of ether oxygens (including phenoxy) is 1. The highest BCUT2D eigenvalue weighted by Crippen LogP contribution is 2.23. The topological polar surface area (TPSA) is 63.7 Å². The summed E-state index contributed by atoms with van der Waals surface area (Å²) >= 11 is 0. The minimum atomic E-state index is -3.80. The Bertz CT molecular complexity index is 959. The van der Waals surface area contributed by atoms with E-state index in [0.29, 0.717) is 0 Å². The van der Waals surface area contributed by atoms with E-state index in [-0.39, 0.29) is 30.0 Å². The quantitative estimate of drug-likeness (QED) is 0.617. The first-order valence-electron chi connectivity index (χ1n) is 9.57. The molecule has 0 amide bonds. The second-order valence-corrected chi connectivity index (χ2v) is 9.69. The Kier molecular flexibility index (Phi) is 7.19. The zero-order chi connectivity index (χ0) is 21.8. The molecule has 0 atom stereocenters. The molecular formula is C22H28FNO4S. The van der Waals surface area contributed by atoms with E-state index >= 15 is 0 Å². The summed E-state index contributed by atoms with van der Waals surface area (Å²) in [7, 11) is -3.80. The Balaban J connectivity index is 2.19. The number of sulfonamides is 1. The van der Waals surface area contributed by atoms with Crippen molar-refractivity contribution in [2.75, 3.05) is 13.1 Å². The van der Waals surface area contributed by atoms with Gasteiger partial charge in [0.05, 0.1) is 10.5 Å². The number of nitrogens with zero attached hydrogens (tertiary/aromatic N) is 1. The van der Waals surface area contributed by atoms with Crippen LogP contribution in [0.4, 0.5) is 4.39 Å². The van der Waals surface area contributed by atoms with Gasteiger partial charge in [-0.3, -0.25) is 0 Å². The van der Waals surface area contributed by atoms with Crippen LogP contribution in [0.15, 0.2) is 47.4 Å². The lowest BCUT2D eigenvalue weighted by molar-refractivity contribution is 0.0467. The molecule has 0 bridgehead atoms. The minimum Gasteiger partial charge on any atom is -0.457 e. The third kappa shape index (κ3) is 5.42. The van der Waals surface area contributed by atoms with Gasteiger partial charge in [0.15, 0.2) is 0 Å². The first-order chi connectivity index (χ1) is 13.5. The normalized spacial score (nSPS) is 12.2. The fourth-order valence-electron chi connectivity index (χ4n) is 2.86. The Hall–Kier alpha value is -2.25. The molecule has 2 aromatic carbocycles. The van der Waals surface area contributed by atoms with Gasteiger partial charge < -0.3 is 4.74 Å². The second kappa shape index (κ2) is 9.05. The predicted octanol–water partition coefficient (Wildman–Crippen LogP) is 4.51. The van der Waals surface area contributed by atoms with Crippen LogP contribution in [-0.2, 0) is 26.8 Å². The molecule has 0 N–H and O–H groups in total. The second-order valence-electron chi connectivity index (χ2n) is 7.75. The number of carbonyl (C=O) groups is 1. The molecular weight excluding hydrogens is 393 g/mol. The molecule has 0 aliphatic heterocycles.